The second kappa shape index (κ2) is 8.55. The summed E-state index contributed by atoms with van der Waals surface area (Å²) in [5, 5.41) is 15.5. The predicted molar refractivity (Wildman–Crippen MR) is 103 cm³/mol. The Labute approximate surface area is 159 Å². The smallest absolute Gasteiger partial charge is 0.310 e. The van der Waals surface area contributed by atoms with Crippen molar-refractivity contribution in [2.24, 2.45) is 5.41 Å². The van der Waals surface area contributed by atoms with Crippen molar-refractivity contribution in [3.8, 4) is 0 Å². The first-order valence-corrected chi connectivity index (χ1v) is 9.93. The molecule has 0 unspecified atom stereocenters. The number of aliphatic carboxylic acids is 1. The summed E-state index contributed by atoms with van der Waals surface area (Å²) >= 11 is 0. The third kappa shape index (κ3) is 4.67. The molecule has 0 saturated heterocycles. The highest BCUT2D eigenvalue weighted by atomic mass is 16.4. The third-order valence-corrected chi connectivity index (χ3v) is 5.90. The standard InChI is InChI=1S/C21H28N2O4/c24-18(14-21(20(26)27)12-6-1-7-13-21)23-17-11-5-4-10-16(17)19(25)22-15-8-2-3-9-15/h4-5,10-11,15H,1-3,6-9,12-14H2,(H,22,25)(H,23,24)(H,26,27). The number of benzene rings is 1. The number of nitrogens with one attached hydrogen (secondary N) is 2. The maximum atomic E-state index is 12.6. The van der Waals surface area contributed by atoms with E-state index in [4.69, 9.17) is 0 Å². The highest BCUT2D eigenvalue weighted by Gasteiger charge is 2.41. The van der Waals surface area contributed by atoms with Crippen molar-refractivity contribution in [1.82, 2.24) is 5.32 Å². The van der Waals surface area contributed by atoms with Crippen molar-refractivity contribution < 1.29 is 19.5 Å². The van der Waals surface area contributed by atoms with Gasteiger partial charge >= 0.3 is 5.97 Å². The fraction of sp³-hybridized carbons (Fsp3) is 0.571. The molecule has 2 saturated carbocycles. The van der Waals surface area contributed by atoms with Crippen LogP contribution in [0.25, 0.3) is 0 Å². The number of carboxylic acids is 1. The number of amides is 2. The van der Waals surface area contributed by atoms with Gasteiger partial charge in [0.25, 0.3) is 5.91 Å². The first kappa shape index (κ1) is 19.4. The molecule has 2 aliphatic rings. The molecule has 0 heterocycles. The summed E-state index contributed by atoms with van der Waals surface area (Å²) in [7, 11) is 0. The van der Waals surface area contributed by atoms with Gasteiger partial charge in [-0.1, -0.05) is 44.2 Å². The van der Waals surface area contributed by atoms with Crippen molar-refractivity contribution >= 4 is 23.5 Å². The lowest BCUT2D eigenvalue weighted by Gasteiger charge is -2.32. The van der Waals surface area contributed by atoms with Crippen LogP contribution in [-0.4, -0.2) is 28.9 Å². The molecular formula is C21H28N2O4. The van der Waals surface area contributed by atoms with Gasteiger partial charge in [0, 0.05) is 12.5 Å². The zero-order chi connectivity index (χ0) is 19.3. The second-order valence-electron chi connectivity index (χ2n) is 7.87. The minimum atomic E-state index is -0.983. The molecule has 0 atom stereocenters. The van der Waals surface area contributed by atoms with E-state index >= 15 is 0 Å². The molecule has 3 rings (SSSR count). The summed E-state index contributed by atoms with van der Waals surface area (Å²) in [4.78, 5) is 37.0. The van der Waals surface area contributed by atoms with E-state index in [9.17, 15) is 19.5 Å². The largest absolute Gasteiger partial charge is 0.481 e. The fourth-order valence-corrected chi connectivity index (χ4v) is 4.32. The van der Waals surface area contributed by atoms with Crippen molar-refractivity contribution in [3.05, 3.63) is 29.8 Å². The third-order valence-electron chi connectivity index (χ3n) is 5.90. The molecule has 1 aromatic carbocycles. The zero-order valence-electron chi connectivity index (χ0n) is 15.6. The van der Waals surface area contributed by atoms with Crippen LogP contribution in [0.15, 0.2) is 24.3 Å². The lowest BCUT2D eigenvalue weighted by Crippen LogP contribution is -2.37. The van der Waals surface area contributed by atoms with Crippen LogP contribution in [0.5, 0.6) is 0 Å². The maximum absolute atomic E-state index is 12.6. The Bertz CT molecular complexity index is 704. The molecule has 0 radical (unpaired) electrons. The SMILES string of the molecule is O=C(CC1(C(=O)O)CCCCC1)Nc1ccccc1C(=O)NC1CCCC1. The molecule has 0 bridgehead atoms. The van der Waals surface area contributed by atoms with E-state index in [0.29, 0.717) is 24.1 Å². The van der Waals surface area contributed by atoms with E-state index in [1.165, 1.54) is 0 Å². The zero-order valence-corrected chi connectivity index (χ0v) is 15.6. The molecule has 6 nitrogen and oxygen atoms in total. The van der Waals surface area contributed by atoms with Crippen LogP contribution in [0.1, 0.15) is 74.6 Å². The van der Waals surface area contributed by atoms with E-state index in [1.54, 1.807) is 24.3 Å². The van der Waals surface area contributed by atoms with Crippen molar-refractivity contribution in [2.75, 3.05) is 5.32 Å². The van der Waals surface area contributed by atoms with Gasteiger partial charge in [-0.05, 0) is 37.8 Å². The summed E-state index contributed by atoms with van der Waals surface area (Å²) < 4.78 is 0. The summed E-state index contributed by atoms with van der Waals surface area (Å²) in [5.74, 6) is -1.44. The quantitative estimate of drug-likeness (QED) is 0.709. The molecule has 0 aliphatic heterocycles. The summed E-state index contributed by atoms with van der Waals surface area (Å²) in [6.07, 6.45) is 7.91. The Morgan fingerprint density at radius 3 is 2.33 bits per heavy atom. The van der Waals surface area contributed by atoms with E-state index < -0.39 is 11.4 Å². The van der Waals surface area contributed by atoms with Gasteiger partial charge in [0.2, 0.25) is 5.91 Å². The predicted octanol–water partition coefficient (Wildman–Crippen LogP) is 3.72. The average Bonchev–Trinajstić information content (AvgIpc) is 3.15. The Morgan fingerprint density at radius 2 is 1.67 bits per heavy atom. The lowest BCUT2D eigenvalue weighted by atomic mass is 9.71. The highest BCUT2D eigenvalue weighted by molar-refractivity contribution is 6.04. The molecule has 2 amide bonds. The van der Waals surface area contributed by atoms with E-state index in [-0.39, 0.29) is 24.3 Å². The molecule has 6 heteroatoms. The molecule has 3 N–H and O–H groups in total. The molecule has 2 aliphatic carbocycles. The van der Waals surface area contributed by atoms with Gasteiger partial charge in [-0.15, -0.1) is 0 Å². The van der Waals surface area contributed by atoms with Gasteiger partial charge in [0.1, 0.15) is 0 Å². The topological polar surface area (TPSA) is 95.5 Å². The van der Waals surface area contributed by atoms with Gasteiger partial charge in [0.05, 0.1) is 16.7 Å². The highest BCUT2D eigenvalue weighted by Crippen LogP contribution is 2.40. The summed E-state index contributed by atoms with van der Waals surface area (Å²) in [6, 6.07) is 7.09. The normalized spacial score (nSPS) is 19.4. The maximum Gasteiger partial charge on any atom is 0.310 e. The van der Waals surface area contributed by atoms with Crippen molar-refractivity contribution in [2.45, 2.75) is 70.3 Å². The number of hydrogen-bond donors (Lipinski definition) is 3. The van der Waals surface area contributed by atoms with Crippen molar-refractivity contribution in [3.63, 3.8) is 0 Å². The van der Waals surface area contributed by atoms with Crippen LogP contribution in [0.3, 0.4) is 0 Å². The number of anilines is 1. The Morgan fingerprint density at radius 1 is 1.00 bits per heavy atom. The van der Waals surface area contributed by atoms with Gasteiger partial charge < -0.3 is 15.7 Å². The number of hydrogen-bond acceptors (Lipinski definition) is 3. The van der Waals surface area contributed by atoms with Crippen LogP contribution < -0.4 is 10.6 Å². The molecular weight excluding hydrogens is 344 g/mol. The average molecular weight is 372 g/mol. The minimum Gasteiger partial charge on any atom is -0.481 e. The monoisotopic (exact) mass is 372 g/mol. The van der Waals surface area contributed by atoms with Gasteiger partial charge in [-0.25, -0.2) is 0 Å². The Balaban J connectivity index is 1.68. The number of carbonyl (C=O) groups is 3. The van der Waals surface area contributed by atoms with Crippen LogP contribution >= 0.6 is 0 Å². The van der Waals surface area contributed by atoms with E-state index in [1.807, 2.05) is 0 Å². The first-order valence-electron chi connectivity index (χ1n) is 9.93. The summed E-state index contributed by atoms with van der Waals surface area (Å²) in [5.41, 5.74) is -0.122. The van der Waals surface area contributed by atoms with E-state index in [0.717, 1.165) is 44.9 Å². The fourth-order valence-electron chi connectivity index (χ4n) is 4.32. The Kier molecular flexibility index (Phi) is 6.14. The first-order chi connectivity index (χ1) is 13.0. The second-order valence-corrected chi connectivity index (χ2v) is 7.87. The van der Waals surface area contributed by atoms with Gasteiger partial charge in [-0.2, -0.15) is 0 Å². The van der Waals surface area contributed by atoms with Crippen LogP contribution in [0.4, 0.5) is 5.69 Å². The molecule has 0 spiro atoms. The van der Waals surface area contributed by atoms with Crippen LogP contribution in [0, 0.1) is 5.41 Å². The molecule has 146 valence electrons. The minimum absolute atomic E-state index is 0.0547. The number of para-hydroxylation sites is 1. The lowest BCUT2D eigenvalue weighted by molar-refractivity contribution is -0.153. The summed E-state index contributed by atoms with van der Waals surface area (Å²) in [6.45, 7) is 0. The molecule has 27 heavy (non-hydrogen) atoms. The van der Waals surface area contributed by atoms with Gasteiger partial charge in [0.15, 0.2) is 0 Å². The number of carboxylic acid groups (broad SMARTS) is 1. The molecule has 0 aromatic heterocycles. The molecule has 1 aromatic rings. The van der Waals surface area contributed by atoms with Gasteiger partial charge in [-0.3, -0.25) is 14.4 Å². The van der Waals surface area contributed by atoms with Crippen LogP contribution in [0.2, 0.25) is 0 Å². The molecule has 2 fully saturated rings. The number of rotatable bonds is 6. The van der Waals surface area contributed by atoms with Crippen molar-refractivity contribution in [1.29, 1.82) is 0 Å². The Hall–Kier alpha value is -2.37. The van der Waals surface area contributed by atoms with Crippen LogP contribution in [-0.2, 0) is 9.59 Å². The number of carbonyl (C=O) groups excluding carboxylic acids is 2. The van der Waals surface area contributed by atoms with E-state index in [2.05, 4.69) is 10.6 Å².